The number of rotatable bonds is 3. The van der Waals surface area contributed by atoms with E-state index >= 15 is 0 Å². The molecular weight excluding hydrogens is 257 g/mol. The van der Waals surface area contributed by atoms with E-state index in [1.54, 1.807) is 17.4 Å². The molecule has 0 saturated heterocycles. The fourth-order valence-corrected chi connectivity index (χ4v) is 3.92. The number of hydrogen-bond acceptors (Lipinski definition) is 2. The summed E-state index contributed by atoms with van der Waals surface area (Å²) in [7, 11) is 0. The topological polar surface area (TPSA) is 12.0 Å². The van der Waals surface area contributed by atoms with E-state index in [0.29, 0.717) is 6.04 Å². The zero-order chi connectivity index (χ0) is 13.1. The molecule has 0 spiro atoms. The first kappa shape index (κ1) is 13.1. The molecule has 0 bridgehead atoms. The average molecular weight is 277 g/mol. The molecule has 1 N–H and O–H groups in total. The molecular formula is C16H20FNS. The molecule has 0 unspecified atom stereocenters. The van der Waals surface area contributed by atoms with Gasteiger partial charge < -0.3 is 5.32 Å². The molecule has 19 heavy (non-hydrogen) atoms. The molecule has 0 atom stereocenters. The molecule has 2 aromatic rings. The summed E-state index contributed by atoms with van der Waals surface area (Å²) in [4.78, 5) is 1.31. The van der Waals surface area contributed by atoms with Crippen LogP contribution in [0.15, 0.2) is 24.3 Å². The Morgan fingerprint density at radius 1 is 1.11 bits per heavy atom. The Hall–Kier alpha value is -0.930. The van der Waals surface area contributed by atoms with E-state index < -0.39 is 0 Å². The van der Waals surface area contributed by atoms with E-state index in [1.165, 1.54) is 49.5 Å². The molecule has 0 amide bonds. The molecule has 1 aromatic carbocycles. The number of nitrogens with one attached hydrogen (secondary N) is 1. The van der Waals surface area contributed by atoms with E-state index in [4.69, 9.17) is 0 Å². The summed E-state index contributed by atoms with van der Waals surface area (Å²) < 4.78 is 14.2. The second-order valence-corrected chi connectivity index (χ2v) is 6.63. The summed E-state index contributed by atoms with van der Waals surface area (Å²) in [6.45, 7) is 0.922. The molecule has 1 heterocycles. The molecule has 1 aliphatic rings. The van der Waals surface area contributed by atoms with Crippen molar-refractivity contribution in [2.24, 2.45) is 0 Å². The lowest BCUT2D eigenvalue weighted by molar-refractivity contribution is 0.461. The predicted octanol–water partition coefficient (Wildman–Crippen LogP) is 4.85. The summed E-state index contributed by atoms with van der Waals surface area (Å²) >= 11 is 1.70. The van der Waals surface area contributed by atoms with Gasteiger partial charge in [-0.25, -0.2) is 4.39 Å². The van der Waals surface area contributed by atoms with Crippen molar-refractivity contribution in [1.29, 1.82) is 0 Å². The first-order chi connectivity index (χ1) is 9.31. The van der Waals surface area contributed by atoms with Crippen LogP contribution in [0, 0.1) is 5.82 Å². The zero-order valence-electron chi connectivity index (χ0n) is 11.1. The molecule has 1 nitrogen and oxygen atoms in total. The second-order valence-electron chi connectivity index (χ2n) is 5.46. The number of halogens is 1. The third-order valence-electron chi connectivity index (χ3n) is 3.95. The lowest BCUT2D eigenvalue weighted by Gasteiger charge is -2.15. The lowest BCUT2D eigenvalue weighted by atomic mass is 10.1. The van der Waals surface area contributed by atoms with Gasteiger partial charge in [-0.15, -0.1) is 11.3 Å². The highest BCUT2D eigenvalue weighted by Gasteiger charge is 2.12. The van der Waals surface area contributed by atoms with Crippen LogP contribution in [-0.4, -0.2) is 6.04 Å². The van der Waals surface area contributed by atoms with E-state index in [9.17, 15) is 4.39 Å². The van der Waals surface area contributed by atoms with Gasteiger partial charge in [-0.1, -0.05) is 31.7 Å². The van der Waals surface area contributed by atoms with Gasteiger partial charge in [0.2, 0.25) is 0 Å². The fourth-order valence-electron chi connectivity index (χ4n) is 2.88. The van der Waals surface area contributed by atoms with Crippen LogP contribution in [0.3, 0.4) is 0 Å². The third-order valence-corrected chi connectivity index (χ3v) is 5.05. The summed E-state index contributed by atoms with van der Waals surface area (Å²) in [5, 5.41) is 4.83. The van der Waals surface area contributed by atoms with Gasteiger partial charge in [0.05, 0.1) is 0 Å². The van der Waals surface area contributed by atoms with Crippen LogP contribution in [0.1, 0.15) is 43.4 Å². The Balaban J connectivity index is 1.64. The second kappa shape index (κ2) is 6.02. The van der Waals surface area contributed by atoms with Crippen LogP contribution in [0.25, 0.3) is 10.1 Å². The molecule has 1 aliphatic carbocycles. The molecule has 3 heteroatoms. The summed E-state index contributed by atoms with van der Waals surface area (Å²) in [6, 6.07) is 7.90. The average Bonchev–Trinajstić information content (AvgIpc) is 2.63. The van der Waals surface area contributed by atoms with Crippen LogP contribution >= 0.6 is 11.3 Å². The maximum Gasteiger partial charge on any atom is 0.124 e. The first-order valence-corrected chi connectivity index (χ1v) is 8.04. The molecule has 3 rings (SSSR count). The fraction of sp³-hybridized carbons (Fsp3) is 0.500. The Labute approximate surface area is 117 Å². The van der Waals surface area contributed by atoms with Gasteiger partial charge in [-0.2, -0.15) is 0 Å². The van der Waals surface area contributed by atoms with Crippen molar-refractivity contribution in [2.75, 3.05) is 0 Å². The molecule has 1 aromatic heterocycles. The first-order valence-electron chi connectivity index (χ1n) is 7.22. The van der Waals surface area contributed by atoms with Crippen molar-refractivity contribution in [1.82, 2.24) is 5.32 Å². The maximum absolute atomic E-state index is 13.2. The molecule has 1 saturated carbocycles. The van der Waals surface area contributed by atoms with E-state index in [0.717, 1.165) is 16.6 Å². The lowest BCUT2D eigenvalue weighted by Crippen LogP contribution is -2.27. The molecule has 102 valence electrons. The van der Waals surface area contributed by atoms with Crippen molar-refractivity contribution in [3.63, 3.8) is 0 Å². The van der Waals surface area contributed by atoms with Crippen LogP contribution in [-0.2, 0) is 6.54 Å². The predicted molar refractivity (Wildman–Crippen MR) is 80.1 cm³/mol. The largest absolute Gasteiger partial charge is 0.309 e. The van der Waals surface area contributed by atoms with Gasteiger partial charge in [0.1, 0.15) is 5.82 Å². The highest BCUT2D eigenvalue weighted by atomic mass is 32.1. The molecule has 0 aliphatic heterocycles. The summed E-state index contributed by atoms with van der Waals surface area (Å²) in [5.74, 6) is -0.141. The van der Waals surface area contributed by atoms with Crippen LogP contribution < -0.4 is 5.32 Å². The standard InChI is InChI=1S/C16H20FNS/c17-13-8-7-12-9-15(19-16(12)10-13)11-18-14-5-3-1-2-4-6-14/h7-10,14,18H,1-6,11H2. The van der Waals surface area contributed by atoms with Crippen LogP contribution in [0.2, 0.25) is 0 Å². The van der Waals surface area contributed by atoms with Gasteiger partial charge >= 0.3 is 0 Å². The van der Waals surface area contributed by atoms with Gasteiger partial charge in [0.15, 0.2) is 0 Å². The smallest absolute Gasteiger partial charge is 0.124 e. The van der Waals surface area contributed by atoms with E-state index in [1.807, 2.05) is 6.07 Å². The summed E-state index contributed by atoms with van der Waals surface area (Å²) in [5.41, 5.74) is 0. The minimum absolute atomic E-state index is 0.141. The Kier molecular flexibility index (Phi) is 4.14. The molecule has 1 fully saturated rings. The van der Waals surface area contributed by atoms with Gasteiger partial charge in [0.25, 0.3) is 0 Å². The number of hydrogen-bond donors (Lipinski definition) is 1. The Morgan fingerprint density at radius 2 is 1.89 bits per heavy atom. The molecule has 0 radical (unpaired) electrons. The van der Waals surface area contributed by atoms with Crippen molar-refractivity contribution < 1.29 is 4.39 Å². The summed E-state index contributed by atoms with van der Waals surface area (Å²) in [6.07, 6.45) is 8.10. The van der Waals surface area contributed by atoms with Gasteiger partial charge in [0, 0.05) is 22.2 Å². The Morgan fingerprint density at radius 3 is 2.68 bits per heavy atom. The van der Waals surface area contributed by atoms with Crippen molar-refractivity contribution in [2.45, 2.75) is 51.1 Å². The SMILES string of the molecule is Fc1ccc2cc(CNC3CCCCCC3)sc2c1. The highest BCUT2D eigenvalue weighted by molar-refractivity contribution is 7.19. The monoisotopic (exact) mass is 277 g/mol. The van der Waals surface area contributed by atoms with E-state index in [-0.39, 0.29) is 5.82 Å². The van der Waals surface area contributed by atoms with Gasteiger partial charge in [-0.05, 0) is 36.4 Å². The minimum Gasteiger partial charge on any atom is -0.309 e. The Bertz CT molecular complexity index is 541. The van der Waals surface area contributed by atoms with Crippen molar-refractivity contribution >= 4 is 21.4 Å². The van der Waals surface area contributed by atoms with Crippen LogP contribution in [0.5, 0.6) is 0 Å². The van der Waals surface area contributed by atoms with Crippen LogP contribution in [0.4, 0.5) is 4.39 Å². The van der Waals surface area contributed by atoms with E-state index in [2.05, 4.69) is 11.4 Å². The third kappa shape index (κ3) is 3.34. The number of thiophene rings is 1. The zero-order valence-corrected chi connectivity index (χ0v) is 11.9. The van der Waals surface area contributed by atoms with Crippen molar-refractivity contribution in [3.05, 3.63) is 35.0 Å². The number of fused-ring (bicyclic) bond motifs is 1. The number of benzene rings is 1. The van der Waals surface area contributed by atoms with Gasteiger partial charge in [-0.3, -0.25) is 0 Å². The minimum atomic E-state index is -0.141. The quantitative estimate of drug-likeness (QED) is 0.791. The van der Waals surface area contributed by atoms with Crippen molar-refractivity contribution in [3.8, 4) is 0 Å². The maximum atomic E-state index is 13.2. The highest BCUT2D eigenvalue weighted by Crippen LogP contribution is 2.26. The normalized spacial score (nSPS) is 17.7.